The van der Waals surface area contributed by atoms with Gasteiger partial charge in [-0.05, 0) is 57.3 Å². The number of allylic oxidation sites excluding steroid dienone is 4. The summed E-state index contributed by atoms with van der Waals surface area (Å²) in [4.78, 5) is 72.1. The van der Waals surface area contributed by atoms with Crippen molar-refractivity contribution in [1.29, 1.82) is 0 Å². The first-order valence-electron chi connectivity index (χ1n) is 34.0. The van der Waals surface area contributed by atoms with Crippen LogP contribution in [0.25, 0.3) is 0 Å². The zero-order valence-corrected chi connectivity index (χ0v) is 56.0. The molecule has 0 heterocycles. The second kappa shape index (κ2) is 59.2. The number of ether oxygens (including phenoxy) is 4. The number of carbonyl (C=O) groups is 4. The maximum absolute atomic E-state index is 13.0. The Balaban J connectivity index is 5.24. The van der Waals surface area contributed by atoms with Gasteiger partial charge in [0.2, 0.25) is 0 Å². The molecular weight excluding hydrogens is 1130 g/mol. The van der Waals surface area contributed by atoms with Crippen LogP contribution in [0.2, 0.25) is 0 Å². The van der Waals surface area contributed by atoms with Crippen molar-refractivity contribution in [3.63, 3.8) is 0 Å². The Labute approximate surface area is 516 Å². The van der Waals surface area contributed by atoms with Gasteiger partial charge in [0, 0.05) is 25.7 Å². The number of hydrogen-bond donors (Lipinski definition) is 3. The first kappa shape index (κ1) is 82.5. The third-order valence-electron chi connectivity index (χ3n) is 14.7. The molecule has 17 nitrogen and oxygen atoms in total. The number of aliphatic hydroxyl groups excluding tert-OH is 1. The van der Waals surface area contributed by atoms with Crippen molar-refractivity contribution in [3.05, 3.63) is 24.3 Å². The van der Waals surface area contributed by atoms with E-state index in [1.165, 1.54) is 109 Å². The van der Waals surface area contributed by atoms with Crippen molar-refractivity contribution in [1.82, 2.24) is 0 Å². The van der Waals surface area contributed by atoms with Crippen molar-refractivity contribution in [3.8, 4) is 0 Å². The van der Waals surface area contributed by atoms with Gasteiger partial charge in [-0.3, -0.25) is 37.3 Å². The van der Waals surface area contributed by atoms with E-state index < -0.39 is 97.5 Å². The van der Waals surface area contributed by atoms with Crippen molar-refractivity contribution in [2.24, 2.45) is 5.92 Å². The fraction of sp³-hybridized carbons (Fsp3) is 0.879. The molecule has 0 aliphatic heterocycles. The minimum absolute atomic E-state index is 0.0849. The average Bonchev–Trinajstić information content (AvgIpc) is 3.50. The SMILES string of the molecule is CCCCCC/C=C\C=C/CCCCCCCC(=O)O[C@H](COC(=O)CCCCCCCCCCCCCC(C)C)COP(=O)(O)OC[C@@H](O)COP(=O)(O)OC[C@@H](COC(=O)CCCCCCCCC)OC(=O)CCCCCCCCCCC. The Hall–Kier alpha value is -2.46. The topological polar surface area (TPSA) is 237 Å². The van der Waals surface area contributed by atoms with Crippen LogP contribution in [0.1, 0.15) is 311 Å². The molecule has 19 heteroatoms. The van der Waals surface area contributed by atoms with Crippen LogP contribution in [0.3, 0.4) is 0 Å². The molecule has 3 N–H and O–H groups in total. The van der Waals surface area contributed by atoms with Crippen LogP contribution >= 0.6 is 15.6 Å². The molecule has 0 radical (unpaired) electrons. The summed E-state index contributed by atoms with van der Waals surface area (Å²) in [7, 11) is -9.90. The minimum Gasteiger partial charge on any atom is -0.462 e. The van der Waals surface area contributed by atoms with E-state index >= 15 is 0 Å². The number of unbranched alkanes of at least 4 members (excludes halogenated alkanes) is 33. The molecule has 0 aliphatic rings. The Morgan fingerprint density at radius 3 is 0.965 bits per heavy atom. The summed E-state index contributed by atoms with van der Waals surface area (Å²) in [5.74, 6) is -1.40. The number of carbonyl (C=O) groups excluding carboxylic acids is 4. The number of phosphoric acid groups is 2. The molecule has 0 amide bonds. The van der Waals surface area contributed by atoms with Crippen LogP contribution in [0.5, 0.6) is 0 Å². The predicted octanol–water partition coefficient (Wildman–Crippen LogP) is 18.1. The second-order valence-corrected chi connectivity index (χ2v) is 26.6. The lowest BCUT2D eigenvalue weighted by molar-refractivity contribution is -0.161. The van der Waals surface area contributed by atoms with Gasteiger partial charge in [0.25, 0.3) is 0 Å². The number of hydrogen-bond acceptors (Lipinski definition) is 15. The molecule has 0 saturated heterocycles. The van der Waals surface area contributed by atoms with Crippen LogP contribution < -0.4 is 0 Å². The van der Waals surface area contributed by atoms with Crippen molar-refractivity contribution in [2.75, 3.05) is 39.6 Å². The van der Waals surface area contributed by atoms with E-state index in [-0.39, 0.29) is 25.7 Å². The zero-order chi connectivity index (χ0) is 62.8. The van der Waals surface area contributed by atoms with E-state index in [0.717, 1.165) is 121 Å². The molecule has 0 bridgehead atoms. The minimum atomic E-state index is -4.95. The maximum atomic E-state index is 13.0. The molecule has 0 aliphatic carbocycles. The third-order valence-corrected chi connectivity index (χ3v) is 16.6. The van der Waals surface area contributed by atoms with E-state index in [2.05, 4.69) is 58.9 Å². The molecule has 85 heavy (non-hydrogen) atoms. The second-order valence-electron chi connectivity index (χ2n) is 23.6. The molecule has 0 saturated carbocycles. The Morgan fingerprint density at radius 1 is 0.365 bits per heavy atom. The smallest absolute Gasteiger partial charge is 0.462 e. The van der Waals surface area contributed by atoms with Gasteiger partial charge in [0.15, 0.2) is 12.2 Å². The van der Waals surface area contributed by atoms with E-state index in [9.17, 15) is 43.2 Å². The first-order valence-corrected chi connectivity index (χ1v) is 36.9. The highest BCUT2D eigenvalue weighted by molar-refractivity contribution is 7.47. The summed E-state index contributed by atoms with van der Waals surface area (Å²) >= 11 is 0. The van der Waals surface area contributed by atoms with Gasteiger partial charge in [-0.2, -0.15) is 0 Å². The molecular formula is C66H124O17P2. The van der Waals surface area contributed by atoms with Crippen LogP contribution in [0.4, 0.5) is 0 Å². The quantitative estimate of drug-likeness (QED) is 0.0169. The lowest BCUT2D eigenvalue weighted by Gasteiger charge is -2.21. The summed E-state index contributed by atoms with van der Waals surface area (Å²) in [6.45, 7) is 7.09. The van der Waals surface area contributed by atoms with Gasteiger partial charge in [-0.15, -0.1) is 0 Å². The van der Waals surface area contributed by atoms with Gasteiger partial charge in [-0.1, -0.05) is 258 Å². The van der Waals surface area contributed by atoms with Crippen LogP contribution in [0, 0.1) is 5.92 Å². The highest BCUT2D eigenvalue weighted by Gasteiger charge is 2.30. The highest BCUT2D eigenvalue weighted by atomic mass is 31.2. The van der Waals surface area contributed by atoms with E-state index in [1.54, 1.807) is 0 Å². The predicted molar refractivity (Wildman–Crippen MR) is 340 cm³/mol. The van der Waals surface area contributed by atoms with Gasteiger partial charge >= 0.3 is 39.5 Å². The van der Waals surface area contributed by atoms with E-state index in [1.807, 2.05) is 0 Å². The lowest BCUT2D eigenvalue weighted by atomic mass is 10.0. The number of esters is 4. The molecule has 0 fully saturated rings. The maximum Gasteiger partial charge on any atom is 0.472 e. The molecule has 0 aromatic carbocycles. The molecule has 2 unspecified atom stereocenters. The molecule has 0 aromatic heterocycles. The van der Waals surface area contributed by atoms with Crippen LogP contribution in [-0.4, -0.2) is 96.7 Å². The summed E-state index contributed by atoms with van der Waals surface area (Å²) in [6.07, 6.45) is 46.7. The monoisotopic (exact) mass is 1250 g/mol. The normalized spacial score (nSPS) is 14.4. The Bertz CT molecular complexity index is 1740. The van der Waals surface area contributed by atoms with Crippen molar-refractivity contribution < 1.29 is 80.2 Å². The van der Waals surface area contributed by atoms with Gasteiger partial charge < -0.3 is 33.8 Å². The standard InChI is InChI=1S/C66H124O17P2/c1-6-9-12-15-18-20-21-22-23-24-27-32-37-42-47-52-66(71)83-62(56-77-64(69)50-45-40-35-31-28-25-26-30-34-38-43-48-59(4)5)58-81-85(74,75)79-54-60(67)53-78-84(72,73)80-57-61(55-76-63(68)49-44-39-33-17-14-11-8-3)82-65(70)51-46-41-36-29-19-16-13-10-7-2/h20-23,59-62,67H,6-19,24-58H2,1-5H3,(H,72,73)(H,74,75)/b21-20-,23-22-/t60-,61+,62+/m0/s1. The number of aliphatic hydroxyl groups is 1. The van der Waals surface area contributed by atoms with Gasteiger partial charge in [0.05, 0.1) is 26.4 Å². The first-order chi connectivity index (χ1) is 41.0. The zero-order valence-electron chi connectivity index (χ0n) is 54.2. The molecule has 500 valence electrons. The summed E-state index contributed by atoms with van der Waals surface area (Å²) in [6, 6.07) is 0. The van der Waals surface area contributed by atoms with Crippen LogP contribution in [0.15, 0.2) is 24.3 Å². The third kappa shape index (κ3) is 60.2. The fourth-order valence-corrected chi connectivity index (χ4v) is 11.0. The molecule has 5 atom stereocenters. The van der Waals surface area contributed by atoms with Crippen LogP contribution in [-0.2, 0) is 65.4 Å². The fourth-order valence-electron chi connectivity index (χ4n) is 9.40. The van der Waals surface area contributed by atoms with E-state index in [4.69, 9.17) is 37.0 Å². The van der Waals surface area contributed by atoms with Gasteiger partial charge in [0.1, 0.15) is 19.3 Å². The highest BCUT2D eigenvalue weighted by Crippen LogP contribution is 2.45. The number of rotatable bonds is 64. The summed E-state index contributed by atoms with van der Waals surface area (Å²) in [5, 5.41) is 10.5. The largest absolute Gasteiger partial charge is 0.472 e. The van der Waals surface area contributed by atoms with Gasteiger partial charge in [-0.25, -0.2) is 9.13 Å². The van der Waals surface area contributed by atoms with Crippen molar-refractivity contribution in [2.45, 2.75) is 329 Å². The summed E-state index contributed by atoms with van der Waals surface area (Å²) in [5.41, 5.74) is 0. The van der Waals surface area contributed by atoms with E-state index in [0.29, 0.717) is 25.7 Å². The Morgan fingerprint density at radius 2 is 0.635 bits per heavy atom. The molecule has 0 rings (SSSR count). The molecule has 0 aromatic rings. The lowest BCUT2D eigenvalue weighted by Crippen LogP contribution is -2.30. The van der Waals surface area contributed by atoms with Crippen molar-refractivity contribution >= 4 is 39.5 Å². The molecule has 0 spiro atoms. The summed E-state index contributed by atoms with van der Waals surface area (Å²) < 4.78 is 67.9. The number of phosphoric ester groups is 2. The average molecular weight is 1250 g/mol. The Kier molecular flexibility index (Phi) is 57.5.